The van der Waals surface area contributed by atoms with Gasteiger partial charge in [-0.2, -0.15) is 5.10 Å². The van der Waals surface area contributed by atoms with Crippen molar-refractivity contribution in [2.75, 3.05) is 13.1 Å². The van der Waals surface area contributed by atoms with Crippen LogP contribution in [-0.2, 0) is 13.6 Å². The predicted molar refractivity (Wildman–Crippen MR) is 107 cm³/mol. The number of piperidine rings is 1. The van der Waals surface area contributed by atoms with E-state index in [0.29, 0.717) is 19.6 Å². The standard InChI is InChI=1S/C21H28FN5O2/c1-25-21(29)27(18-4-2-3-5-18)19(24-25)16-10-12-26(13-11-16)20(28)23-14-15-6-8-17(22)9-7-15/h6-9,16,18H,2-5,10-14H2,1H3,(H,23,28). The molecule has 2 amide bonds. The lowest BCUT2D eigenvalue weighted by Crippen LogP contribution is -2.44. The molecule has 2 heterocycles. The summed E-state index contributed by atoms with van der Waals surface area (Å²) in [4.78, 5) is 26.9. The predicted octanol–water partition coefficient (Wildman–Crippen LogP) is 2.93. The lowest BCUT2D eigenvalue weighted by molar-refractivity contribution is 0.179. The van der Waals surface area contributed by atoms with Gasteiger partial charge in [0.15, 0.2) is 0 Å². The molecule has 1 aliphatic heterocycles. The molecule has 29 heavy (non-hydrogen) atoms. The molecule has 0 bridgehead atoms. The fourth-order valence-corrected chi connectivity index (χ4v) is 4.52. The molecule has 7 nitrogen and oxygen atoms in total. The summed E-state index contributed by atoms with van der Waals surface area (Å²) >= 11 is 0. The van der Waals surface area contributed by atoms with Crippen molar-refractivity contribution in [3.05, 3.63) is 52.0 Å². The summed E-state index contributed by atoms with van der Waals surface area (Å²) in [7, 11) is 1.72. The number of halogens is 1. The van der Waals surface area contributed by atoms with Crippen molar-refractivity contribution in [2.45, 2.75) is 57.0 Å². The van der Waals surface area contributed by atoms with E-state index in [0.717, 1.165) is 49.9 Å². The minimum atomic E-state index is -0.284. The quantitative estimate of drug-likeness (QED) is 0.856. The SMILES string of the molecule is Cn1nc(C2CCN(C(=O)NCc3ccc(F)cc3)CC2)n(C2CCCC2)c1=O. The first kappa shape index (κ1) is 19.7. The second-order valence-corrected chi connectivity index (χ2v) is 8.12. The number of urea groups is 1. The van der Waals surface area contributed by atoms with Crippen molar-refractivity contribution in [2.24, 2.45) is 7.05 Å². The van der Waals surface area contributed by atoms with Gasteiger partial charge in [-0.25, -0.2) is 18.7 Å². The minimum absolute atomic E-state index is 0.0219. The first-order chi connectivity index (χ1) is 14.0. The van der Waals surface area contributed by atoms with Crippen LogP contribution in [0.5, 0.6) is 0 Å². The number of likely N-dealkylation sites (tertiary alicyclic amines) is 1. The molecule has 0 atom stereocenters. The van der Waals surface area contributed by atoms with Crippen LogP contribution in [0.4, 0.5) is 9.18 Å². The third-order valence-corrected chi connectivity index (χ3v) is 6.18. The van der Waals surface area contributed by atoms with Crippen LogP contribution in [-0.4, -0.2) is 38.4 Å². The molecule has 0 unspecified atom stereocenters. The van der Waals surface area contributed by atoms with Crippen LogP contribution >= 0.6 is 0 Å². The molecule has 0 spiro atoms. The van der Waals surface area contributed by atoms with Gasteiger partial charge in [-0.05, 0) is 43.4 Å². The number of rotatable bonds is 4. The number of benzene rings is 1. The van der Waals surface area contributed by atoms with E-state index in [1.807, 2.05) is 4.57 Å². The molecule has 2 aromatic rings. The van der Waals surface area contributed by atoms with Gasteiger partial charge in [-0.1, -0.05) is 25.0 Å². The number of nitrogens with one attached hydrogen (secondary N) is 1. The van der Waals surface area contributed by atoms with Gasteiger partial charge in [-0.3, -0.25) is 4.57 Å². The van der Waals surface area contributed by atoms with E-state index in [4.69, 9.17) is 0 Å². The molecular formula is C21H28FN5O2. The maximum Gasteiger partial charge on any atom is 0.345 e. The van der Waals surface area contributed by atoms with Crippen LogP contribution < -0.4 is 11.0 Å². The smallest absolute Gasteiger partial charge is 0.334 e. The van der Waals surface area contributed by atoms with E-state index >= 15 is 0 Å². The molecule has 156 valence electrons. The minimum Gasteiger partial charge on any atom is -0.334 e. The highest BCUT2D eigenvalue weighted by Gasteiger charge is 2.31. The maximum atomic E-state index is 13.0. The second-order valence-electron chi connectivity index (χ2n) is 8.12. The second kappa shape index (κ2) is 8.39. The molecule has 1 aliphatic carbocycles. The maximum absolute atomic E-state index is 13.0. The number of carbonyl (C=O) groups is 1. The summed E-state index contributed by atoms with van der Waals surface area (Å²) in [5.41, 5.74) is 0.843. The number of aromatic nitrogens is 3. The van der Waals surface area contributed by atoms with Crippen molar-refractivity contribution in [1.82, 2.24) is 24.6 Å². The summed E-state index contributed by atoms with van der Waals surface area (Å²) in [6, 6.07) is 6.29. The number of carbonyl (C=O) groups excluding carboxylic acids is 1. The van der Waals surface area contributed by atoms with Gasteiger partial charge in [0.05, 0.1) is 0 Å². The first-order valence-electron chi connectivity index (χ1n) is 10.5. The average Bonchev–Trinajstić information content (AvgIpc) is 3.36. The molecule has 1 aromatic heterocycles. The summed E-state index contributed by atoms with van der Waals surface area (Å²) in [5.74, 6) is 0.800. The molecule has 4 rings (SSSR count). The lowest BCUT2D eigenvalue weighted by Gasteiger charge is -2.32. The Morgan fingerprint density at radius 2 is 1.79 bits per heavy atom. The number of hydrogen-bond acceptors (Lipinski definition) is 3. The lowest BCUT2D eigenvalue weighted by atomic mass is 9.95. The highest BCUT2D eigenvalue weighted by atomic mass is 19.1. The molecule has 1 N–H and O–H groups in total. The monoisotopic (exact) mass is 401 g/mol. The third-order valence-electron chi connectivity index (χ3n) is 6.18. The number of hydrogen-bond donors (Lipinski definition) is 1. The van der Waals surface area contributed by atoms with E-state index in [9.17, 15) is 14.0 Å². The normalized spacial score (nSPS) is 18.3. The Balaban J connectivity index is 1.36. The van der Waals surface area contributed by atoms with E-state index < -0.39 is 0 Å². The van der Waals surface area contributed by atoms with Crippen LogP contribution in [0.3, 0.4) is 0 Å². The van der Waals surface area contributed by atoms with Crippen LogP contribution in [0.2, 0.25) is 0 Å². The Labute approximate surface area is 169 Å². The molecule has 1 saturated heterocycles. The van der Waals surface area contributed by atoms with Crippen molar-refractivity contribution in [3.8, 4) is 0 Å². The molecule has 1 saturated carbocycles. The summed E-state index contributed by atoms with van der Waals surface area (Å²) in [6.45, 7) is 1.64. The first-order valence-corrected chi connectivity index (χ1v) is 10.5. The van der Waals surface area contributed by atoms with Gasteiger partial charge in [0, 0.05) is 38.6 Å². The topological polar surface area (TPSA) is 72.2 Å². The van der Waals surface area contributed by atoms with Gasteiger partial charge >= 0.3 is 11.7 Å². The zero-order valence-electron chi connectivity index (χ0n) is 16.8. The Kier molecular flexibility index (Phi) is 5.69. The third kappa shape index (κ3) is 4.21. The van der Waals surface area contributed by atoms with Gasteiger partial charge in [0.2, 0.25) is 0 Å². The van der Waals surface area contributed by atoms with Crippen LogP contribution in [0, 0.1) is 5.82 Å². The highest BCUT2D eigenvalue weighted by Crippen LogP contribution is 2.33. The molecule has 8 heteroatoms. The van der Waals surface area contributed by atoms with Crippen LogP contribution in [0.25, 0.3) is 0 Å². The average molecular weight is 401 g/mol. The van der Waals surface area contributed by atoms with Crippen molar-refractivity contribution in [3.63, 3.8) is 0 Å². The van der Waals surface area contributed by atoms with E-state index in [-0.39, 0.29) is 29.5 Å². The molecule has 2 aliphatic rings. The highest BCUT2D eigenvalue weighted by molar-refractivity contribution is 5.74. The summed E-state index contributed by atoms with van der Waals surface area (Å²) < 4.78 is 16.4. The summed E-state index contributed by atoms with van der Waals surface area (Å²) in [6.07, 6.45) is 6.02. The molecular weight excluding hydrogens is 373 g/mol. The van der Waals surface area contributed by atoms with E-state index in [1.165, 1.54) is 16.8 Å². The zero-order valence-corrected chi connectivity index (χ0v) is 16.8. The van der Waals surface area contributed by atoms with Crippen molar-refractivity contribution < 1.29 is 9.18 Å². The molecule has 2 fully saturated rings. The number of nitrogens with zero attached hydrogens (tertiary/aromatic N) is 4. The van der Waals surface area contributed by atoms with Crippen molar-refractivity contribution in [1.29, 1.82) is 0 Å². The van der Waals surface area contributed by atoms with Crippen LogP contribution in [0.15, 0.2) is 29.1 Å². The number of amides is 2. The van der Waals surface area contributed by atoms with E-state index in [1.54, 1.807) is 24.1 Å². The fraction of sp³-hybridized carbons (Fsp3) is 0.571. The largest absolute Gasteiger partial charge is 0.345 e. The van der Waals surface area contributed by atoms with Gasteiger partial charge in [0.25, 0.3) is 0 Å². The van der Waals surface area contributed by atoms with Crippen molar-refractivity contribution >= 4 is 6.03 Å². The van der Waals surface area contributed by atoms with Gasteiger partial charge in [-0.15, -0.1) is 0 Å². The molecule has 1 aromatic carbocycles. The Hall–Kier alpha value is -2.64. The zero-order chi connectivity index (χ0) is 20.4. The Bertz CT molecular complexity index is 906. The van der Waals surface area contributed by atoms with E-state index in [2.05, 4.69) is 10.4 Å². The summed E-state index contributed by atoms with van der Waals surface area (Å²) in [5, 5.41) is 7.45. The number of aryl methyl sites for hydroxylation is 1. The van der Waals surface area contributed by atoms with Crippen LogP contribution in [0.1, 0.15) is 61.9 Å². The van der Waals surface area contributed by atoms with Gasteiger partial charge < -0.3 is 10.2 Å². The Morgan fingerprint density at radius 3 is 2.45 bits per heavy atom. The fourth-order valence-electron chi connectivity index (χ4n) is 4.52. The molecule has 0 radical (unpaired) electrons. The Morgan fingerprint density at radius 1 is 1.14 bits per heavy atom. The van der Waals surface area contributed by atoms with Gasteiger partial charge in [0.1, 0.15) is 11.6 Å².